The molecule has 1 aliphatic heterocycles. The van der Waals surface area contributed by atoms with E-state index in [0.29, 0.717) is 19.2 Å². The fraction of sp³-hybridized carbons (Fsp3) is 0.320. The first-order chi connectivity index (χ1) is 15.6. The van der Waals surface area contributed by atoms with E-state index < -0.39 is 0 Å². The minimum atomic E-state index is -0.173. The van der Waals surface area contributed by atoms with Crippen molar-refractivity contribution >= 4 is 29.0 Å². The minimum absolute atomic E-state index is 0.00317. The Morgan fingerprint density at radius 3 is 2.41 bits per heavy atom. The molecule has 1 aliphatic rings. The highest BCUT2D eigenvalue weighted by Crippen LogP contribution is 2.24. The van der Waals surface area contributed by atoms with Gasteiger partial charge in [-0.05, 0) is 43.2 Å². The third kappa shape index (κ3) is 5.42. The third-order valence-corrected chi connectivity index (χ3v) is 5.51. The Morgan fingerprint density at radius 2 is 1.72 bits per heavy atom. The molecule has 4 rings (SSSR count). The van der Waals surface area contributed by atoms with Gasteiger partial charge < -0.3 is 20.3 Å². The number of aromatic nitrogens is 2. The van der Waals surface area contributed by atoms with E-state index in [1.165, 1.54) is 0 Å². The molecule has 3 aromatic rings. The number of hydrogen-bond acceptors (Lipinski definition) is 6. The van der Waals surface area contributed by atoms with Crippen molar-refractivity contribution in [2.45, 2.75) is 26.2 Å². The van der Waals surface area contributed by atoms with E-state index in [4.69, 9.17) is 4.74 Å². The van der Waals surface area contributed by atoms with Gasteiger partial charge in [-0.25, -0.2) is 4.98 Å². The number of anilines is 4. The fourth-order valence-electron chi connectivity index (χ4n) is 3.82. The van der Waals surface area contributed by atoms with Gasteiger partial charge in [0.1, 0.15) is 5.82 Å². The standard InChI is InChI=1S/C25H29N5O2/c1-3-22(19-7-5-4-6-8-19)24(31)27-20-9-11-21(12-10-20)28-25-26-18(2)17-23(29-25)30-13-15-32-16-14-30/h4-12,17,22H,3,13-16H2,1-2H3,(H,27,31)(H,26,28,29)/t22-/m0/s1. The second kappa shape index (κ2) is 10.2. The highest BCUT2D eigenvalue weighted by molar-refractivity contribution is 5.96. The number of carbonyl (C=O) groups excluding carboxylic acids is 1. The first-order valence-corrected chi connectivity index (χ1v) is 11.0. The van der Waals surface area contributed by atoms with Crippen LogP contribution in [0.15, 0.2) is 60.7 Å². The van der Waals surface area contributed by atoms with Crippen molar-refractivity contribution < 1.29 is 9.53 Å². The summed E-state index contributed by atoms with van der Waals surface area (Å²) in [7, 11) is 0. The molecule has 0 bridgehead atoms. The van der Waals surface area contributed by atoms with Crippen LogP contribution in [0, 0.1) is 6.92 Å². The normalized spacial score (nSPS) is 14.6. The van der Waals surface area contributed by atoms with Crippen LogP contribution in [0.3, 0.4) is 0 Å². The van der Waals surface area contributed by atoms with Crippen LogP contribution in [0.1, 0.15) is 30.5 Å². The monoisotopic (exact) mass is 431 g/mol. The third-order valence-electron chi connectivity index (χ3n) is 5.51. The average Bonchev–Trinajstić information content (AvgIpc) is 2.82. The molecule has 1 atom stereocenters. The summed E-state index contributed by atoms with van der Waals surface area (Å²) in [6, 6.07) is 19.5. The van der Waals surface area contributed by atoms with Crippen molar-refractivity contribution in [2.24, 2.45) is 0 Å². The Balaban J connectivity index is 1.42. The molecule has 32 heavy (non-hydrogen) atoms. The largest absolute Gasteiger partial charge is 0.378 e. The molecule has 0 radical (unpaired) electrons. The summed E-state index contributed by atoms with van der Waals surface area (Å²) < 4.78 is 5.43. The number of hydrogen-bond donors (Lipinski definition) is 2. The molecule has 2 heterocycles. The van der Waals surface area contributed by atoms with Gasteiger partial charge in [-0.15, -0.1) is 0 Å². The number of nitrogens with zero attached hydrogens (tertiary/aromatic N) is 3. The molecular formula is C25H29N5O2. The summed E-state index contributed by atoms with van der Waals surface area (Å²) in [6.45, 7) is 7.06. The van der Waals surface area contributed by atoms with Crippen LogP contribution in [0.4, 0.5) is 23.1 Å². The number of nitrogens with one attached hydrogen (secondary N) is 2. The summed E-state index contributed by atoms with van der Waals surface area (Å²) >= 11 is 0. The van der Waals surface area contributed by atoms with Crippen LogP contribution < -0.4 is 15.5 Å². The van der Waals surface area contributed by atoms with Crippen LogP contribution in [0.5, 0.6) is 0 Å². The molecule has 1 aromatic heterocycles. The summed E-state index contributed by atoms with van der Waals surface area (Å²) in [5, 5.41) is 6.30. The molecule has 7 heteroatoms. The van der Waals surface area contributed by atoms with Gasteiger partial charge in [-0.1, -0.05) is 37.3 Å². The number of aryl methyl sites for hydroxylation is 1. The zero-order chi connectivity index (χ0) is 22.3. The first kappa shape index (κ1) is 21.8. The molecule has 2 aromatic carbocycles. The van der Waals surface area contributed by atoms with Gasteiger partial charge >= 0.3 is 0 Å². The number of ether oxygens (including phenoxy) is 1. The van der Waals surface area contributed by atoms with Crippen molar-refractivity contribution in [1.29, 1.82) is 0 Å². The van der Waals surface area contributed by atoms with Gasteiger partial charge in [0.25, 0.3) is 0 Å². The quantitative estimate of drug-likeness (QED) is 0.574. The lowest BCUT2D eigenvalue weighted by atomic mass is 9.95. The van der Waals surface area contributed by atoms with Gasteiger partial charge in [-0.3, -0.25) is 4.79 Å². The molecule has 1 amide bonds. The van der Waals surface area contributed by atoms with Crippen LogP contribution >= 0.6 is 0 Å². The Labute approximate surface area is 188 Å². The van der Waals surface area contributed by atoms with Crippen LogP contribution in [0.2, 0.25) is 0 Å². The van der Waals surface area contributed by atoms with E-state index >= 15 is 0 Å². The maximum Gasteiger partial charge on any atom is 0.231 e. The molecule has 1 saturated heterocycles. The van der Waals surface area contributed by atoms with Crippen molar-refractivity contribution in [1.82, 2.24) is 9.97 Å². The zero-order valence-corrected chi connectivity index (χ0v) is 18.5. The topological polar surface area (TPSA) is 79.4 Å². The molecule has 2 N–H and O–H groups in total. The van der Waals surface area contributed by atoms with Gasteiger partial charge in [0.05, 0.1) is 19.1 Å². The fourth-order valence-corrected chi connectivity index (χ4v) is 3.82. The average molecular weight is 432 g/mol. The minimum Gasteiger partial charge on any atom is -0.378 e. The maximum atomic E-state index is 12.8. The van der Waals surface area contributed by atoms with E-state index in [1.807, 2.05) is 74.5 Å². The van der Waals surface area contributed by atoms with Crippen LogP contribution in [0.25, 0.3) is 0 Å². The number of benzene rings is 2. The molecular weight excluding hydrogens is 402 g/mol. The van der Waals surface area contributed by atoms with E-state index in [2.05, 4.69) is 25.5 Å². The molecule has 0 spiro atoms. The zero-order valence-electron chi connectivity index (χ0n) is 18.5. The van der Waals surface area contributed by atoms with E-state index in [0.717, 1.165) is 48.0 Å². The molecule has 0 saturated carbocycles. The summed E-state index contributed by atoms with van der Waals surface area (Å²) in [6.07, 6.45) is 0.742. The Kier molecular flexibility index (Phi) is 6.97. The van der Waals surface area contributed by atoms with E-state index in [9.17, 15) is 4.79 Å². The van der Waals surface area contributed by atoms with Gasteiger partial charge in [0, 0.05) is 36.2 Å². The van der Waals surface area contributed by atoms with Crippen molar-refractivity contribution in [3.63, 3.8) is 0 Å². The number of amides is 1. The number of carbonyl (C=O) groups is 1. The first-order valence-electron chi connectivity index (χ1n) is 11.0. The summed E-state index contributed by atoms with van der Waals surface area (Å²) in [4.78, 5) is 24.2. The van der Waals surface area contributed by atoms with E-state index in [1.54, 1.807) is 0 Å². The van der Waals surface area contributed by atoms with Crippen molar-refractivity contribution in [3.05, 3.63) is 71.9 Å². The van der Waals surface area contributed by atoms with Crippen LogP contribution in [-0.4, -0.2) is 42.2 Å². The van der Waals surface area contributed by atoms with Gasteiger partial charge in [0.15, 0.2) is 0 Å². The van der Waals surface area contributed by atoms with Gasteiger partial charge in [-0.2, -0.15) is 4.98 Å². The van der Waals surface area contributed by atoms with Gasteiger partial charge in [0.2, 0.25) is 11.9 Å². The van der Waals surface area contributed by atoms with E-state index in [-0.39, 0.29) is 11.8 Å². The second-order valence-electron chi connectivity index (χ2n) is 7.85. The molecule has 0 aliphatic carbocycles. The highest BCUT2D eigenvalue weighted by atomic mass is 16.5. The second-order valence-corrected chi connectivity index (χ2v) is 7.85. The lowest BCUT2D eigenvalue weighted by Gasteiger charge is -2.28. The molecule has 1 fully saturated rings. The molecule has 7 nitrogen and oxygen atoms in total. The van der Waals surface area contributed by atoms with Crippen molar-refractivity contribution in [2.75, 3.05) is 41.8 Å². The lowest BCUT2D eigenvalue weighted by molar-refractivity contribution is -0.117. The Bertz CT molecular complexity index is 1030. The number of morpholine rings is 1. The van der Waals surface area contributed by atoms with Crippen LogP contribution in [-0.2, 0) is 9.53 Å². The molecule has 0 unspecified atom stereocenters. The maximum absolute atomic E-state index is 12.8. The SMILES string of the molecule is CC[C@H](C(=O)Nc1ccc(Nc2nc(C)cc(N3CCOCC3)n2)cc1)c1ccccc1. The summed E-state index contributed by atoms with van der Waals surface area (Å²) in [5.74, 6) is 1.28. The summed E-state index contributed by atoms with van der Waals surface area (Å²) in [5.41, 5.74) is 3.54. The molecule has 166 valence electrons. The lowest BCUT2D eigenvalue weighted by Crippen LogP contribution is -2.36. The number of rotatable bonds is 7. The predicted molar refractivity (Wildman–Crippen MR) is 128 cm³/mol. The Morgan fingerprint density at radius 1 is 1.03 bits per heavy atom. The van der Waals surface area contributed by atoms with Crippen molar-refractivity contribution in [3.8, 4) is 0 Å². The predicted octanol–water partition coefficient (Wildman–Crippen LogP) is 4.50. The highest BCUT2D eigenvalue weighted by Gasteiger charge is 2.18. The smallest absolute Gasteiger partial charge is 0.231 e. The Hall–Kier alpha value is -3.45.